The first kappa shape index (κ1) is 15.4. The van der Waals surface area contributed by atoms with Crippen molar-refractivity contribution in [2.45, 2.75) is 13.5 Å². The van der Waals surface area contributed by atoms with Gasteiger partial charge in [0, 0.05) is 38.9 Å². The van der Waals surface area contributed by atoms with Crippen LogP contribution in [0.3, 0.4) is 0 Å². The van der Waals surface area contributed by atoms with Crippen molar-refractivity contribution in [3.05, 3.63) is 53.4 Å². The van der Waals surface area contributed by atoms with Gasteiger partial charge >= 0.3 is 0 Å². The normalized spacial score (nSPS) is 15.8. The van der Waals surface area contributed by atoms with Gasteiger partial charge < -0.3 is 9.32 Å². The van der Waals surface area contributed by atoms with Crippen LogP contribution in [0.4, 0.5) is 5.82 Å². The van der Waals surface area contributed by atoms with E-state index in [0.717, 1.165) is 60.8 Å². The third kappa shape index (κ3) is 3.20. The third-order valence-electron chi connectivity index (χ3n) is 4.34. The highest BCUT2D eigenvalue weighted by molar-refractivity contribution is 7.13. The summed E-state index contributed by atoms with van der Waals surface area (Å²) >= 11 is 1.66. The van der Waals surface area contributed by atoms with Gasteiger partial charge in [0.05, 0.1) is 10.6 Å². The van der Waals surface area contributed by atoms with Crippen molar-refractivity contribution in [2.24, 2.45) is 0 Å². The fourth-order valence-corrected chi connectivity index (χ4v) is 3.62. The summed E-state index contributed by atoms with van der Waals surface area (Å²) in [6.07, 6.45) is 1.85. The van der Waals surface area contributed by atoms with Crippen LogP contribution in [0.15, 0.2) is 46.3 Å². The van der Waals surface area contributed by atoms with Crippen LogP contribution in [0.5, 0.6) is 0 Å². The Labute approximate surface area is 145 Å². The second-order valence-corrected chi connectivity index (χ2v) is 6.90. The molecule has 1 saturated heterocycles. The molecule has 0 saturated carbocycles. The lowest BCUT2D eigenvalue weighted by molar-refractivity contribution is 0.245. The third-order valence-corrected chi connectivity index (χ3v) is 5.20. The molecule has 0 aromatic carbocycles. The van der Waals surface area contributed by atoms with Crippen molar-refractivity contribution < 1.29 is 4.42 Å². The van der Waals surface area contributed by atoms with E-state index in [9.17, 15) is 0 Å². The summed E-state index contributed by atoms with van der Waals surface area (Å²) in [5.41, 5.74) is 1.05. The van der Waals surface area contributed by atoms with Gasteiger partial charge in [-0.2, -0.15) is 0 Å². The second-order valence-electron chi connectivity index (χ2n) is 5.95. The molecule has 0 unspecified atom stereocenters. The molecule has 0 aliphatic carbocycles. The number of hydrogen-bond donors (Lipinski definition) is 0. The van der Waals surface area contributed by atoms with Crippen molar-refractivity contribution in [3.63, 3.8) is 0 Å². The van der Waals surface area contributed by atoms with Gasteiger partial charge in [0.1, 0.15) is 11.6 Å². The van der Waals surface area contributed by atoms with Crippen LogP contribution in [0.25, 0.3) is 10.8 Å². The van der Waals surface area contributed by atoms with Crippen molar-refractivity contribution in [1.29, 1.82) is 0 Å². The van der Waals surface area contributed by atoms with Gasteiger partial charge in [-0.15, -0.1) is 11.3 Å². The number of thiophene rings is 1. The van der Waals surface area contributed by atoms with E-state index >= 15 is 0 Å². The van der Waals surface area contributed by atoms with Crippen molar-refractivity contribution in [2.75, 3.05) is 31.1 Å². The molecule has 0 amide bonds. The molecular weight excluding hydrogens is 320 g/mol. The predicted molar refractivity (Wildman–Crippen MR) is 96.3 cm³/mol. The molecule has 124 valence electrons. The maximum absolute atomic E-state index is 5.84. The average Bonchev–Trinajstić information content (AvgIpc) is 3.27. The average molecular weight is 340 g/mol. The molecule has 4 heterocycles. The second kappa shape index (κ2) is 6.75. The molecule has 24 heavy (non-hydrogen) atoms. The number of anilines is 1. The number of pyridine rings is 1. The number of piperazine rings is 1. The summed E-state index contributed by atoms with van der Waals surface area (Å²) in [7, 11) is 0. The lowest BCUT2D eigenvalue weighted by Gasteiger charge is -2.35. The van der Waals surface area contributed by atoms with Crippen LogP contribution in [0.1, 0.15) is 11.5 Å². The zero-order valence-corrected chi connectivity index (χ0v) is 14.5. The van der Waals surface area contributed by atoms with Gasteiger partial charge in [-0.25, -0.2) is 9.97 Å². The highest BCUT2D eigenvalue weighted by Crippen LogP contribution is 2.26. The summed E-state index contributed by atoms with van der Waals surface area (Å²) in [6.45, 7) is 6.85. The zero-order chi connectivity index (χ0) is 16.4. The number of hydrogen-bond acceptors (Lipinski definition) is 6. The van der Waals surface area contributed by atoms with Crippen LogP contribution in [0.2, 0.25) is 0 Å². The zero-order valence-electron chi connectivity index (χ0n) is 13.7. The van der Waals surface area contributed by atoms with Crippen LogP contribution in [-0.4, -0.2) is 41.0 Å². The Bertz CT molecular complexity index is 777. The lowest BCUT2D eigenvalue weighted by Crippen LogP contribution is -2.46. The van der Waals surface area contributed by atoms with Crippen LogP contribution in [-0.2, 0) is 6.54 Å². The quantitative estimate of drug-likeness (QED) is 0.728. The van der Waals surface area contributed by atoms with Gasteiger partial charge in [0.15, 0.2) is 0 Å². The monoisotopic (exact) mass is 340 g/mol. The molecule has 0 spiro atoms. The van der Waals surface area contributed by atoms with Crippen LogP contribution in [0, 0.1) is 6.92 Å². The molecule has 6 heteroatoms. The van der Waals surface area contributed by atoms with E-state index in [1.165, 1.54) is 0 Å². The highest BCUT2D eigenvalue weighted by atomic mass is 32.1. The Morgan fingerprint density at radius 2 is 2.00 bits per heavy atom. The Hall–Kier alpha value is -2.18. The van der Waals surface area contributed by atoms with Crippen molar-refractivity contribution in [3.8, 4) is 10.8 Å². The fourth-order valence-electron chi connectivity index (χ4n) is 2.97. The summed E-state index contributed by atoms with van der Waals surface area (Å²) in [5.74, 6) is 2.73. The molecule has 0 bridgehead atoms. The van der Waals surface area contributed by atoms with Gasteiger partial charge in [-0.05, 0) is 30.5 Å². The van der Waals surface area contributed by atoms with E-state index in [1.54, 1.807) is 11.3 Å². The molecule has 1 fully saturated rings. The first-order chi connectivity index (χ1) is 11.8. The van der Waals surface area contributed by atoms with Crippen molar-refractivity contribution >= 4 is 17.2 Å². The fraction of sp³-hybridized carbons (Fsp3) is 0.333. The largest absolute Gasteiger partial charge is 0.440 e. The summed E-state index contributed by atoms with van der Waals surface area (Å²) in [6, 6.07) is 10.1. The van der Waals surface area contributed by atoms with Crippen LogP contribution >= 0.6 is 11.3 Å². The standard InChI is InChI=1S/C18H20N4OS/c1-14-15(20-18(23-14)16-5-4-12-24-16)13-21-8-10-22(11-9-21)17-6-2-3-7-19-17/h2-7,12H,8-11,13H2,1H3. The van der Waals surface area contributed by atoms with E-state index in [-0.39, 0.29) is 0 Å². The lowest BCUT2D eigenvalue weighted by atomic mass is 10.2. The highest BCUT2D eigenvalue weighted by Gasteiger charge is 2.20. The minimum Gasteiger partial charge on any atom is -0.440 e. The first-order valence-corrected chi connectivity index (χ1v) is 9.06. The molecule has 0 atom stereocenters. The van der Waals surface area contributed by atoms with E-state index < -0.39 is 0 Å². The van der Waals surface area contributed by atoms with E-state index in [0.29, 0.717) is 0 Å². The number of rotatable bonds is 4. The van der Waals surface area contributed by atoms with Gasteiger partial charge in [0.25, 0.3) is 0 Å². The smallest absolute Gasteiger partial charge is 0.236 e. The molecule has 0 N–H and O–H groups in total. The molecule has 0 radical (unpaired) electrons. The molecule has 3 aromatic rings. The van der Waals surface area contributed by atoms with E-state index in [2.05, 4.69) is 20.9 Å². The SMILES string of the molecule is Cc1oc(-c2cccs2)nc1CN1CCN(c2ccccn2)CC1. The van der Waals surface area contributed by atoms with E-state index in [4.69, 9.17) is 9.40 Å². The molecule has 3 aromatic heterocycles. The molecular formula is C18H20N4OS. The van der Waals surface area contributed by atoms with Crippen molar-refractivity contribution in [1.82, 2.24) is 14.9 Å². The maximum atomic E-state index is 5.84. The number of aromatic nitrogens is 2. The topological polar surface area (TPSA) is 45.4 Å². The molecule has 1 aliphatic rings. The number of oxazole rings is 1. The molecule has 4 rings (SSSR count). The Morgan fingerprint density at radius 3 is 2.71 bits per heavy atom. The van der Waals surface area contributed by atoms with Gasteiger partial charge in [-0.3, -0.25) is 4.90 Å². The van der Waals surface area contributed by atoms with Gasteiger partial charge in [0.2, 0.25) is 5.89 Å². The number of aryl methyl sites for hydroxylation is 1. The number of nitrogens with zero attached hydrogens (tertiary/aromatic N) is 4. The molecule has 5 nitrogen and oxygen atoms in total. The predicted octanol–water partition coefficient (Wildman–Crippen LogP) is 3.43. The molecule has 1 aliphatic heterocycles. The van der Waals surface area contributed by atoms with Crippen LogP contribution < -0.4 is 4.90 Å². The Kier molecular flexibility index (Phi) is 4.32. The summed E-state index contributed by atoms with van der Waals surface area (Å²) in [4.78, 5) is 15.0. The Balaban J connectivity index is 1.39. The summed E-state index contributed by atoms with van der Waals surface area (Å²) in [5, 5.41) is 2.05. The minimum atomic E-state index is 0.740. The maximum Gasteiger partial charge on any atom is 0.236 e. The summed E-state index contributed by atoms with van der Waals surface area (Å²) < 4.78 is 5.84. The first-order valence-electron chi connectivity index (χ1n) is 8.18. The van der Waals surface area contributed by atoms with Gasteiger partial charge in [-0.1, -0.05) is 12.1 Å². The Morgan fingerprint density at radius 1 is 1.12 bits per heavy atom. The van der Waals surface area contributed by atoms with E-state index in [1.807, 2.05) is 42.8 Å². The minimum absolute atomic E-state index is 0.740.